The Bertz CT molecular complexity index is 255. The normalized spacial score (nSPS) is 14.8. The first kappa shape index (κ1) is 8.25. The topological polar surface area (TPSA) is 34.9 Å². The first-order valence-electron chi connectivity index (χ1n) is 2.50. The first-order chi connectivity index (χ1) is 5.02. The van der Waals surface area contributed by atoms with E-state index in [1.54, 1.807) is 0 Å². The van der Waals surface area contributed by atoms with Gasteiger partial charge in [0.05, 0.1) is 6.20 Å². The van der Waals surface area contributed by atoms with E-state index in [2.05, 4.69) is 5.10 Å². The Balaban J connectivity index is 2.88. The summed E-state index contributed by atoms with van der Waals surface area (Å²) >= 11 is 0. The highest BCUT2D eigenvalue weighted by atomic mass is 32.2. The molecule has 0 radical (unpaired) electrons. The molecule has 62 valence electrons. The average Bonchev–Trinajstić information content (AvgIpc) is 2.34. The SMILES string of the molecule is O=S(n1cccn1)C(F)(F)F. The lowest BCUT2D eigenvalue weighted by Crippen LogP contribution is -2.22. The highest BCUT2D eigenvalue weighted by Crippen LogP contribution is 2.20. The lowest BCUT2D eigenvalue weighted by Gasteiger charge is -2.03. The Kier molecular flexibility index (Phi) is 1.99. The summed E-state index contributed by atoms with van der Waals surface area (Å²) in [5.74, 6) is 0. The lowest BCUT2D eigenvalue weighted by atomic mass is 10.8. The van der Waals surface area contributed by atoms with Gasteiger partial charge in [0.1, 0.15) is 0 Å². The van der Waals surface area contributed by atoms with Crippen LogP contribution in [0, 0.1) is 0 Å². The summed E-state index contributed by atoms with van der Waals surface area (Å²) in [4.78, 5) is 0. The minimum absolute atomic E-state index is 0.347. The maximum absolute atomic E-state index is 11.7. The average molecular weight is 184 g/mol. The molecule has 1 heterocycles. The fraction of sp³-hybridized carbons (Fsp3) is 0.250. The molecule has 3 nitrogen and oxygen atoms in total. The van der Waals surface area contributed by atoms with Crippen LogP contribution in [-0.2, 0) is 11.0 Å². The molecule has 1 rings (SSSR count). The second-order valence-corrected chi connectivity index (χ2v) is 2.94. The Morgan fingerprint density at radius 3 is 2.45 bits per heavy atom. The van der Waals surface area contributed by atoms with Crippen LogP contribution in [0.3, 0.4) is 0 Å². The van der Waals surface area contributed by atoms with Crippen molar-refractivity contribution >= 4 is 11.0 Å². The largest absolute Gasteiger partial charge is 0.492 e. The quantitative estimate of drug-likeness (QED) is 0.650. The highest BCUT2D eigenvalue weighted by Gasteiger charge is 2.38. The molecule has 0 N–H and O–H groups in total. The minimum Gasteiger partial charge on any atom is -0.225 e. The van der Waals surface area contributed by atoms with Crippen LogP contribution in [0.15, 0.2) is 18.5 Å². The van der Waals surface area contributed by atoms with Gasteiger partial charge in [0.25, 0.3) is 0 Å². The predicted octanol–water partition coefficient (Wildman–Crippen LogP) is 0.915. The Labute approximate surface area is 62.4 Å². The zero-order chi connectivity index (χ0) is 8.48. The molecule has 1 aromatic rings. The van der Waals surface area contributed by atoms with Gasteiger partial charge in [-0.25, -0.2) is 4.21 Å². The molecule has 1 atom stereocenters. The molecule has 0 aliphatic heterocycles. The summed E-state index contributed by atoms with van der Waals surface area (Å²) in [7, 11) is -3.06. The molecule has 1 unspecified atom stereocenters. The van der Waals surface area contributed by atoms with Crippen molar-refractivity contribution in [2.24, 2.45) is 0 Å². The van der Waals surface area contributed by atoms with Gasteiger partial charge in [0.2, 0.25) is 11.0 Å². The van der Waals surface area contributed by atoms with Gasteiger partial charge >= 0.3 is 5.51 Å². The van der Waals surface area contributed by atoms with Gasteiger partial charge in [0.15, 0.2) is 0 Å². The van der Waals surface area contributed by atoms with E-state index in [1.807, 2.05) is 0 Å². The smallest absolute Gasteiger partial charge is 0.225 e. The summed E-state index contributed by atoms with van der Waals surface area (Å²) in [5, 5.41) is 3.18. The lowest BCUT2D eigenvalue weighted by molar-refractivity contribution is -0.0395. The van der Waals surface area contributed by atoms with E-state index in [0.717, 1.165) is 12.4 Å². The van der Waals surface area contributed by atoms with E-state index in [4.69, 9.17) is 0 Å². The fourth-order valence-corrected chi connectivity index (χ4v) is 0.992. The second-order valence-electron chi connectivity index (χ2n) is 1.60. The van der Waals surface area contributed by atoms with E-state index in [-0.39, 0.29) is 0 Å². The highest BCUT2D eigenvalue weighted by molar-refractivity contribution is 7.84. The number of nitrogens with zero attached hydrogens (tertiary/aromatic N) is 2. The van der Waals surface area contributed by atoms with E-state index >= 15 is 0 Å². The molecule has 0 amide bonds. The van der Waals surface area contributed by atoms with Crippen molar-refractivity contribution in [3.63, 3.8) is 0 Å². The molecular formula is C4H3F3N2OS. The molecule has 0 spiro atoms. The van der Waals surface area contributed by atoms with E-state index < -0.39 is 16.5 Å². The van der Waals surface area contributed by atoms with Crippen LogP contribution < -0.4 is 0 Å². The van der Waals surface area contributed by atoms with Crippen molar-refractivity contribution in [1.82, 2.24) is 9.19 Å². The fourth-order valence-electron chi connectivity index (χ4n) is 0.459. The number of rotatable bonds is 1. The summed E-state index contributed by atoms with van der Waals surface area (Å²) < 4.78 is 45.7. The molecular weight excluding hydrogens is 181 g/mol. The minimum atomic E-state index is -4.74. The summed E-state index contributed by atoms with van der Waals surface area (Å²) in [5.41, 5.74) is -4.74. The van der Waals surface area contributed by atoms with Crippen molar-refractivity contribution in [3.05, 3.63) is 18.5 Å². The monoisotopic (exact) mass is 184 g/mol. The van der Waals surface area contributed by atoms with Crippen LogP contribution in [0.25, 0.3) is 0 Å². The first-order valence-corrected chi connectivity index (χ1v) is 3.61. The van der Waals surface area contributed by atoms with E-state index in [9.17, 15) is 17.4 Å². The number of halogens is 3. The number of hydrogen-bond acceptors (Lipinski definition) is 2. The molecule has 0 fully saturated rings. The van der Waals surface area contributed by atoms with E-state index in [0.29, 0.717) is 4.09 Å². The molecule has 0 saturated heterocycles. The third-order valence-corrected chi connectivity index (χ3v) is 1.80. The van der Waals surface area contributed by atoms with Gasteiger partial charge in [-0.3, -0.25) is 0 Å². The number of hydrogen-bond donors (Lipinski definition) is 0. The zero-order valence-corrected chi connectivity index (χ0v) is 5.89. The summed E-state index contributed by atoms with van der Waals surface area (Å²) in [6, 6.07) is 1.27. The van der Waals surface area contributed by atoms with Crippen LogP contribution in [0.5, 0.6) is 0 Å². The van der Waals surface area contributed by atoms with Crippen molar-refractivity contribution in [3.8, 4) is 0 Å². The summed E-state index contributed by atoms with van der Waals surface area (Å²) in [6.07, 6.45) is 2.12. The molecule has 0 saturated carbocycles. The third-order valence-electron chi connectivity index (χ3n) is 0.848. The second kappa shape index (κ2) is 2.65. The van der Waals surface area contributed by atoms with Crippen molar-refractivity contribution in [1.29, 1.82) is 0 Å². The maximum Gasteiger partial charge on any atom is 0.492 e. The third kappa shape index (κ3) is 1.79. The molecule has 0 aliphatic carbocycles. The molecule has 1 aromatic heterocycles. The predicted molar refractivity (Wildman–Crippen MR) is 31.8 cm³/mol. The van der Waals surface area contributed by atoms with Gasteiger partial charge < -0.3 is 0 Å². The zero-order valence-electron chi connectivity index (χ0n) is 5.08. The molecule has 0 aliphatic rings. The van der Waals surface area contributed by atoms with Crippen LogP contribution in [0.1, 0.15) is 0 Å². The van der Waals surface area contributed by atoms with Crippen LogP contribution >= 0.6 is 0 Å². The molecule has 0 aromatic carbocycles. The number of alkyl halides is 3. The Hall–Kier alpha value is -0.850. The van der Waals surface area contributed by atoms with Crippen molar-refractivity contribution < 1.29 is 17.4 Å². The maximum atomic E-state index is 11.7. The van der Waals surface area contributed by atoms with Crippen LogP contribution in [0.4, 0.5) is 13.2 Å². The standard InChI is InChI=1S/C4H3F3N2OS/c5-4(6,7)11(10)9-3-1-2-8-9/h1-3H. The molecule has 7 heteroatoms. The van der Waals surface area contributed by atoms with E-state index in [1.165, 1.54) is 6.07 Å². The Morgan fingerprint density at radius 1 is 1.45 bits per heavy atom. The van der Waals surface area contributed by atoms with Crippen LogP contribution in [-0.4, -0.2) is 18.9 Å². The van der Waals surface area contributed by atoms with Gasteiger partial charge in [0, 0.05) is 6.20 Å². The summed E-state index contributed by atoms with van der Waals surface area (Å²) in [6.45, 7) is 0. The molecule has 0 bridgehead atoms. The van der Waals surface area contributed by atoms with Gasteiger partial charge in [-0.2, -0.15) is 22.4 Å². The van der Waals surface area contributed by atoms with Crippen molar-refractivity contribution in [2.45, 2.75) is 5.51 Å². The molecule has 11 heavy (non-hydrogen) atoms. The van der Waals surface area contributed by atoms with Gasteiger partial charge in [-0.1, -0.05) is 0 Å². The van der Waals surface area contributed by atoms with Crippen molar-refractivity contribution in [2.75, 3.05) is 0 Å². The van der Waals surface area contributed by atoms with Crippen LogP contribution in [0.2, 0.25) is 0 Å². The number of aromatic nitrogens is 2. The Morgan fingerprint density at radius 2 is 2.09 bits per heavy atom. The van der Waals surface area contributed by atoms with Gasteiger partial charge in [-0.05, 0) is 6.07 Å². The van der Waals surface area contributed by atoms with Gasteiger partial charge in [-0.15, -0.1) is 0 Å².